The molecule has 0 amide bonds. The van der Waals surface area contributed by atoms with Crippen LogP contribution in [0.3, 0.4) is 0 Å². The van der Waals surface area contributed by atoms with Crippen LogP contribution in [0.15, 0.2) is 47.5 Å². The lowest BCUT2D eigenvalue weighted by molar-refractivity contribution is 0.100. The average molecular weight is 388 g/mol. The number of hydrogen-bond donors (Lipinski definition) is 0. The fraction of sp³-hybridized carbons (Fsp3) is 0.300. The van der Waals surface area contributed by atoms with E-state index in [0.29, 0.717) is 22.7 Å². The van der Waals surface area contributed by atoms with Gasteiger partial charge in [0.1, 0.15) is 17.3 Å². The van der Waals surface area contributed by atoms with Crippen LogP contribution in [0, 0.1) is 5.82 Å². The number of ether oxygens (including phenoxy) is 2. The first-order valence-electron chi connectivity index (χ1n) is 8.58. The summed E-state index contributed by atoms with van der Waals surface area (Å²) < 4.78 is 24.0. The predicted octanol–water partition coefficient (Wildman–Crippen LogP) is 4.03. The number of carbonyl (C=O) groups excluding carboxylic acids is 1. The highest BCUT2D eigenvalue weighted by atomic mass is 32.2. The molecule has 1 heterocycles. The maximum absolute atomic E-state index is 13.2. The van der Waals surface area contributed by atoms with Gasteiger partial charge in [-0.3, -0.25) is 9.79 Å². The number of ketones is 1. The highest BCUT2D eigenvalue weighted by molar-refractivity contribution is 8.14. The number of thioether (sulfide) groups is 1. The third kappa shape index (κ3) is 4.60. The molecule has 0 aromatic heterocycles. The van der Waals surface area contributed by atoms with Crippen molar-refractivity contribution in [1.82, 2.24) is 0 Å². The van der Waals surface area contributed by atoms with Crippen molar-refractivity contribution in [2.75, 3.05) is 38.0 Å². The van der Waals surface area contributed by atoms with Gasteiger partial charge in [0.15, 0.2) is 11.0 Å². The van der Waals surface area contributed by atoms with E-state index in [4.69, 9.17) is 9.47 Å². The Morgan fingerprint density at radius 2 is 1.96 bits per heavy atom. The van der Waals surface area contributed by atoms with Gasteiger partial charge < -0.3 is 14.4 Å². The molecule has 0 fully saturated rings. The molecule has 0 saturated carbocycles. The van der Waals surface area contributed by atoms with E-state index in [1.54, 1.807) is 38.1 Å². The van der Waals surface area contributed by atoms with E-state index in [1.165, 1.54) is 24.3 Å². The SMILES string of the molecule is COc1ccc(OC)c(N(CC(=O)c2ccc(F)cc2)C2=NCCCS2)c1. The largest absolute Gasteiger partial charge is 0.497 e. The van der Waals surface area contributed by atoms with Crippen LogP contribution in [0.5, 0.6) is 11.5 Å². The van der Waals surface area contributed by atoms with Gasteiger partial charge in [-0.05, 0) is 42.8 Å². The van der Waals surface area contributed by atoms with Crippen LogP contribution >= 0.6 is 11.8 Å². The summed E-state index contributed by atoms with van der Waals surface area (Å²) in [5.74, 6) is 1.72. The van der Waals surface area contributed by atoms with Gasteiger partial charge in [0.05, 0.1) is 26.5 Å². The van der Waals surface area contributed by atoms with E-state index in [-0.39, 0.29) is 18.1 Å². The highest BCUT2D eigenvalue weighted by Crippen LogP contribution is 2.35. The number of carbonyl (C=O) groups is 1. The van der Waals surface area contributed by atoms with Crippen LogP contribution in [0.4, 0.5) is 10.1 Å². The van der Waals surface area contributed by atoms with E-state index in [1.807, 2.05) is 11.0 Å². The molecule has 27 heavy (non-hydrogen) atoms. The number of methoxy groups -OCH3 is 2. The molecule has 0 spiro atoms. The van der Waals surface area contributed by atoms with Crippen molar-refractivity contribution >= 4 is 28.4 Å². The van der Waals surface area contributed by atoms with E-state index in [0.717, 1.165) is 23.9 Å². The van der Waals surface area contributed by atoms with Crippen LogP contribution in [-0.4, -0.2) is 44.0 Å². The van der Waals surface area contributed by atoms with Crippen molar-refractivity contribution < 1.29 is 18.7 Å². The molecule has 0 unspecified atom stereocenters. The van der Waals surface area contributed by atoms with E-state index in [2.05, 4.69) is 4.99 Å². The van der Waals surface area contributed by atoms with Crippen molar-refractivity contribution in [3.05, 3.63) is 53.8 Å². The summed E-state index contributed by atoms with van der Waals surface area (Å²) in [6.45, 7) is 0.789. The summed E-state index contributed by atoms with van der Waals surface area (Å²) in [7, 11) is 3.17. The minimum absolute atomic E-state index is 0.0704. The van der Waals surface area contributed by atoms with Gasteiger partial charge in [-0.15, -0.1) is 0 Å². The molecule has 0 N–H and O–H groups in total. The van der Waals surface area contributed by atoms with Crippen LogP contribution in [0.2, 0.25) is 0 Å². The van der Waals surface area contributed by atoms with Crippen molar-refractivity contribution in [2.24, 2.45) is 4.99 Å². The number of nitrogens with zero attached hydrogens (tertiary/aromatic N) is 2. The lowest BCUT2D eigenvalue weighted by atomic mass is 10.1. The molecule has 0 saturated heterocycles. The number of hydrogen-bond acceptors (Lipinski definition) is 6. The number of anilines is 1. The second kappa shape index (κ2) is 8.90. The maximum atomic E-state index is 13.2. The number of rotatable bonds is 6. The zero-order valence-corrected chi connectivity index (χ0v) is 16.1. The monoisotopic (exact) mass is 388 g/mol. The standard InChI is InChI=1S/C20H21FN2O3S/c1-25-16-8-9-19(26-2)17(12-16)23(20-22-10-3-11-27-20)13-18(24)14-4-6-15(21)7-5-14/h4-9,12H,3,10-11,13H2,1-2H3. The first-order chi connectivity index (χ1) is 13.1. The van der Waals surface area contributed by atoms with Gasteiger partial charge in [-0.1, -0.05) is 11.8 Å². The molecule has 3 rings (SSSR count). The van der Waals surface area contributed by atoms with Crippen molar-refractivity contribution in [3.63, 3.8) is 0 Å². The van der Waals surface area contributed by atoms with Gasteiger partial charge in [-0.2, -0.15) is 0 Å². The normalized spacial score (nSPS) is 13.7. The van der Waals surface area contributed by atoms with E-state index >= 15 is 0 Å². The number of amidine groups is 1. The Balaban J connectivity index is 1.98. The average Bonchev–Trinajstić information content (AvgIpc) is 2.72. The van der Waals surface area contributed by atoms with Gasteiger partial charge in [-0.25, -0.2) is 4.39 Å². The maximum Gasteiger partial charge on any atom is 0.182 e. The van der Waals surface area contributed by atoms with Crippen molar-refractivity contribution in [3.8, 4) is 11.5 Å². The fourth-order valence-corrected chi connectivity index (χ4v) is 3.70. The number of halogens is 1. The Labute approximate surface area is 162 Å². The molecule has 1 aliphatic heterocycles. The quantitative estimate of drug-likeness (QED) is 0.700. The zero-order chi connectivity index (χ0) is 19.2. The summed E-state index contributed by atoms with van der Waals surface area (Å²) in [6, 6.07) is 11.0. The van der Waals surface area contributed by atoms with Crippen molar-refractivity contribution in [2.45, 2.75) is 6.42 Å². The minimum Gasteiger partial charge on any atom is -0.497 e. The van der Waals surface area contributed by atoms with Crippen LogP contribution < -0.4 is 14.4 Å². The molecular weight excluding hydrogens is 367 g/mol. The molecule has 0 atom stereocenters. The summed E-state index contributed by atoms with van der Waals surface area (Å²) in [5.41, 5.74) is 1.16. The fourth-order valence-electron chi connectivity index (χ4n) is 2.75. The topological polar surface area (TPSA) is 51.1 Å². The Bertz CT molecular complexity index is 840. The molecule has 0 aliphatic carbocycles. The Morgan fingerprint density at radius 3 is 2.59 bits per heavy atom. The zero-order valence-electron chi connectivity index (χ0n) is 15.3. The molecule has 0 bridgehead atoms. The van der Waals surface area contributed by atoms with Gasteiger partial charge in [0.2, 0.25) is 0 Å². The molecule has 5 nitrogen and oxygen atoms in total. The Hall–Kier alpha value is -2.54. The summed E-state index contributed by atoms with van der Waals surface area (Å²) in [6.07, 6.45) is 1.00. The lowest BCUT2D eigenvalue weighted by Gasteiger charge is -2.28. The first kappa shape index (κ1) is 19.2. The predicted molar refractivity (Wildman–Crippen MR) is 107 cm³/mol. The van der Waals surface area contributed by atoms with Gasteiger partial charge in [0, 0.05) is 23.9 Å². The Morgan fingerprint density at radius 1 is 1.19 bits per heavy atom. The van der Waals surface area contributed by atoms with Crippen LogP contribution in [-0.2, 0) is 0 Å². The van der Waals surface area contributed by atoms with Gasteiger partial charge in [0.25, 0.3) is 0 Å². The number of benzene rings is 2. The third-order valence-corrected chi connectivity index (χ3v) is 5.26. The smallest absolute Gasteiger partial charge is 0.182 e. The summed E-state index contributed by atoms with van der Waals surface area (Å²) >= 11 is 1.61. The molecule has 7 heteroatoms. The number of aliphatic imine (C=N–C) groups is 1. The van der Waals surface area contributed by atoms with E-state index < -0.39 is 0 Å². The third-order valence-electron chi connectivity index (χ3n) is 4.16. The van der Waals surface area contributed by atoms with Crippen LogP contribution in [0.25, 0.3) is 0 Å². The highest BCUT2D eigenvalue weighted by Gasteiger charge is 2.24. The summed E-state index contributed by atoms with van der Waals surface area (Å²) in [5, 5.41) is 0.767. The summed E-state index contributed by atoms with van der Waals surface area (Å²) in [4.78, 5) is 19.3. The number of Topliss-reactive ketones (excluding diaryl/α,β-unsaturated/α-hetero) is 1. The molecule has 142 valence electrons. The molecule has 1 aliphatic rings. The van der Waals surface area contributed by atoms with E-state index in [9.17, 15) is 9.18 Å². The molecule has 2 aromatic carbocycles. The Kier molecular flexibility index (Phi) is 6.34. The van der Waals surface area contributed by atoms with Crippen LogP contribution in [0.1, 0.15) is 16.8 Å². The first-order valence-corrected chi connectivity index (χ1v) is 9.56. The lowest BCUT2D eigenvalue weighted by Crippen LogP contribution is -2.36. The van der Waals surface area contributed by atoms with Gasteiger partial charge >= 0.3 is 0 Å². The van der Waals surface area contributed by atoms with Crippen molar-refractivity contribution in [1.29, 1.82) is 0 Å². The molecule has 0 radical (unpaired) electrons. The second-order valence-corrected chi connectivity index (χ2v) is 6.98. The molecule has 2 aromatic rings. The minimum atomic E-state index is -0.370. The molecular formula is C20H21FN2O3S. The second-order valence-electron chi connectivity index (χ2n) is 5.92.